The number of halogens is 1. The number of rotatable bonds is 3. The number of hydrogen-bond acceptors (Lipinski definition) is 3. The maximum absolute atomic E-state index is 11.9. The van der Waals surface area contributed by atoms with Crippen LogP contribution in [0.5, 0.6) is 0 Å². The van der Waals surface area contributed by atoms with Gasteiger partial charge in [0.25, 0.3) is 0 Å². The van der Waals surface area contributed by atoms with Gasteiger partial charge in [0, 0.05) is 23.6 Å². The van der Waals surface area contributed by atoms with Crippen LogP contribution in [-0.2, 0) is 10.0 Å². The van der Waals surface area contributed by atoms with Crippen molar-refractivity contribution in [2.24, 2.45) is 0 Å². The van der Waals surface area contributed by atoms with Crippen molar-refractivity contribution in [2.45, 2.75) is 10.9 Å². The zero-order valence-corrected chi connectivity index (χ0v) is 10.3. The standard InChI is InChI=1S/C9H11BrN2O2S/c10-8-3-1-2-4-9(8)15(13,14)12-7-5-11-6-7/h1-4,7,11-12H,5-6H2. The van der Waals surface area contributed by atoms with Gasteiger partial charge < -0.3 is 5.32 Å². The molecule has 0 radical (unpaired) electrons. The average Bonchev–Trinajstić information content (AvgIpc) is 2.12. The molecule has 1 heterocycles. The molecule has 0 amide bonds. The molecule has 15 heavy (non-hydrogen) atoms. The molecule has 0 spiro atoms. The van der Waals surface area contributed by atoms with Crippen molar-refractivity contribution in [3.05, 3.63) is 28.7 Å². The molecule has 6 heteroatoms. The SMILES string of the molecule is O=S(=O)(NC1CNC1)c1ccccc1Br. The zero-order chi connectivity index (χ0) is 10.9. The number of sulfonamides is 1. The van der Waals surface area contributed by atoms with Crippen LogP contribution in [0.15, 0.2) is 33.6 Å². The third kappa shape index (κ3) is 2.39. The summed E-state index contributed by atoms with van der Waals surface area (Å²) < 4.78 is 27.0. The molecule has 2 N–H and O–H groups in total. The molecular formula is C9H11BrN2O2S. The summed E-state index contributed by atoms with van der Waals surface area (Å²) >= 11 is 3.23. The lowest BCUT2D eigenvalue weighted by Gasteiger charge is -2.27. The second-order valence-corrected chi connectivity index (χ2v) is 5.94. The van der Waals surface area contributed by atoms with Crippen molar-refractivity contribution in [3.63, 3.8) is 0 Å². The third-order valence-electron chi connectivity index (χ3n) is 2.23. The van der Waals surface area contributed by atoms with Crippen molar-refractivity contribution in [3.8, 4) is 0 Å². The van der Waals surface area contributed by atoms with E-state index in [1.165, 1.54) is 0 Å². The molecule has 0 aliphatic carbocycles. The molecule has 1 aliphatic rings. The molecule has 4 nitrogen and oxygen atoms in total. The second-order valence-electron chi connectivity index (χ2n) is 3.41. The van der Waals surface area contributed by atoms with E-state index in [1.807, 2.05) is 0 Å². The van der Waals surface area contributed by atoms with E-state index in [9.17, 15) is 8.42 Å². The van der Waals surface area contributed by atoms with Crippen LogP contribution >= 0.6 is 15.9 Å². The first-order chi connectivity index (χ1) is 7.09. The normalized spacial score (nSPS) is 17.4. The maximum atomic E-state index is 11.9. The van der Waals surface area contributed by atoms with Crippen LogP contribution in [0.3, 0.4) is 0 Å². The van der Waals surface area contributed by atoms with Crippen molar-refractivity contribution in [1.82, 2.24) is 10.0 Å². The molecule has 0 atom stereocenters. The van der Waals surface area contributed by atoms with Gasteiger partial charge in [0.2, 0.25) is 10.0 Å². The van der Waals surface area contributed by atoms with Crippen LogP contribution in [0, 0.1) is 0 Å². The minimum absolute atomic E-state index is 0.0158. The Bertz CT molecular complexity index is 457. The molecular weight excluding hydrogens is 280 g/mol. The van der Waals surface area contributed by atoms with Crippen molar-refractivity contribution < 1.29 is 8.42 Å². The van der Waals surface area contributed by atoms with E-state index < -0.39 is 10.0 Å². The molecule has 1 aliphatic heterocycles. The Balaban J connectivity index is 2.24. The van der Waals surface area contributed by atoms with Gasteiger partial charge in [-0.1, -0.05) is 12.1 Å². The summed E-state index contributed by atoms with van der Waals surface area (Å²) in [7, 11) is -3.39. The Morgan fingerprint density at radius 2 is 2.00 bits per heavy atom. The highest BCUT2D eigenvalue weighted by atomic mass is 79.9. The molecule has 1 aromatic rings. The smallest absolute Gasteiger partial charge is 0.242 e. The summed E-state index contributed by atoms with van der Waals surface area (Å²) in [4.78, 5) is 0.289. The first kappa shape index (κ1) is 11.1. The monoisotopic (exact) mass is 290 g/mol. The van der Waals surface area contributed by atoms with E-state index >= 15 is 0 Å². The Morgan fingerprint density at radius 3 is 2.53 bits per heavy atom. The maximum Gasteiger partial charge on any atom is 0.242 e. The van der Waals surface area contributed by atoms with Crippen LogP contribution in [0.4, 0.5) is 0 Å². The van der Waals surface area contributed by atoms with Crippen LogP contribution in [0.25, 0.3) is 0 Å². The molecule has 82 valence electrons. The number of nitrogens with one attached hydrogen (secondary N) is 2. The molecule has 1 saturated heterocycles. The summed E-state index contributed by atoms with van der Waals surface area (Å²) in [5, 5.41) is 3.01. The van der Waals surface area contributed by atoms with Gasteiger partial charge in [0.1, 0.15) is 0 Å². The Labute approximate surface area is 97.2 Å². The predicted molar refractivity (Wildman–Crippen MR) is 61.1 cm³/mol. The van der Waals surface area contributed by atoms with E-state index in [0.717, 1.165) is 0 Å². The number of hydrogen-bond donors (Lipinski definition) is 2. The van der Waals surface area contributed by atoms with Gasteiger partial charge in [-0.25, -0.2) is 13.1 Å². The molecule has 0 saturated carbocycles. The highest BCUT2D eigenvalue weighted by Crippen LogP contribution is 2.21. The van der Waals surface area contributed by atoms with Crippen LogP contribution in [0.1, 0.15) is 0 Å². The lowest BCUT2D eigenvalue weighted by Crippen LogP contribution is -2.56. The van der Waals surface area contributed by atoms with Crippen molar-refractivity contribution >= 4 is 26.0 Å². The van der Waals surface area contributed by atoms with E-state index in [-0.39, 0.29) is 10.9 Å². The predicted octanol–water partition coefficient (Wildman–Crippen LogP) is 0.699. The van der Waals surface area contributed by atoms with Gasteiger partial charge in [-0.15, -0.1) is 0 Å². The molecule has 1 fully saturated rings. The average molecular weight is 291 g/mol. The molecule has 1 aromatic carbocycles. The number of benzene rings is 1. The van der Waals surface area contributed by atoms with Gasteiger partial charge in [0.05, 0.1) is 4.90 Å². The van der Waals surface area contributed by atoms with Crippen molar-refractivity contribution in [2.75, 3.05) is 13.1 Å². The summed E-state index contributed by atoms with van der Waals surface area (Å²) in [6, 6.07) is 6.81. The van der Waals surface area contributed by atoms with Crippen LogP contribution in [0.2, 0.25) is 0 Å². The highest BCUT2D eigenvalue weighted by molar-refractivity contribution is 9.10. The van der Waals surface area contributed by atoms with E-state index in [2.05, 4.69) is 26.0 Å². The minimum Gasteiger partial charge on any atom is -0.313 e. The lowest BCUT2D eigenvalue weighted by atomic mass is 10.2. The Morgan fingerprint density at radius 1 is 1.33 bits per heavy atom. The van der Waals surface area contributed by atoms with Gasteiger partial charge in [0.15, 0.2) is 0 Å². The fourth-order valence-corrected chi connectivity index (χ4v) is 3.56. The third-order valence-corrected chi connectivity index (χ3v) is 4.76. The summed E-state index contributed by atoms with van der Waals surface area (Å²) in [5.41, 5.74) is 0. The molecule has 0 bridgehead atoms. The van der Waals surface area contributed by atoms with E-state index in [1.54, 1.807) is 24.3 Å². The first-order valence-electron chi connectivity index (χ1n) is 4.57. The summed E-state index contributed by atoms with van der Waals surface area (Å²) in [6.07, 6.45) is 0. The highest BCUT2D eigenvalue weighted by Gasteiger charge is 2.25. The first-order valence-corrected chi connectivity index (χ1v) is 6.85. The van der Waals surface area contributed by atoms with Gasteiger partial charge in [-0.3, -0.25) is 0 Å². The van der Waals surface area contributed by atoms with Crippen molar-refractivity contribution in [1.29, 1.82) is 0 Å². The molecule has 0 aromatic heterocycles. The fraction of sp³-hybridized carbons (Fsp3) is 0.333. The quantitative estimate of drug-likeness (QED) is 0.862. The largest absolute Gasteiger partial charge is 0.313 e. The topological polar surface area (TPSA) is 58.2 Å². The van der Waals surface area contributed by atoms with Gasteiger partial charge >= 0.3 is 0 Å². The fourth-order valence-electron chi connectivity index (χ4n) is 1.32. The van der Waals surface area contributed by atoms with E-state index in [0.29, 0.717) is 17.6 Å². The van der Waals surface area contributed by atoms with Gasteiger partial charge in [-0.2, -0.15) is 0 Å². The lowest BCUT2D eigenvalue weighted by molar-refractivity contribution is 0.410. The van der Waals surface area contributed by atoms with Crippen LogP contribution in [-0.4, -0.2) is 27.5 Å². The zero-order valence-electron chi connectivity index (χ0n) is 7.90. The summed E-state index contributed by atoms with van der Waals surface area (Å²) in [6.45, 7) is 1.40. The van der Waals surface area contributed by atoms with Crippen LogP contribution < -0.4 is 10.0 Å². The second kappa shape index (κ2) is 4.21. The molecule has 2 rings (SSSR count). The van der Waals surface area contributed by atoms with E-state index in [4.69, 9.17) is 0 Å². The Hall–Kier alpha value is -0.430. The molecule has 0 unspecified atom stereocenters. The summed E-state index contributed by atoms with van der Waals surface area (Å²) in [5.74, 6) is 0. The minimum atomic E-state index is -3.39. The van der Waals surface area contributed by atoms with Gasteiger partial charge in [-0.05, 0) is 28.1 Å². The Kier molecular flexibility index (Phi) is 3.11.